The number of imide groups is 2. The first-order valence-corrected chi connectivity index (χ1v) is 11.4. The number of unbranched alkanes of at least 4 members (excludes halogenated alkanes) is 1. The van der Waals surface area contributed by atoms with Crippen LogP contribution in [0.4, 0.5) is 9.59 Å². The summed E-state index contributed by atoms with van der Waals surface area (Å²) in [6.45, 7) is 2.96. The molecule has 6 amide bonds. The Morgan fingerprint density at radius 2 is 1.58 bits per heavy atom. The fraction of sp³-hybridized carbons (Fsp3) is 0.750. The first-order chi connectivity index (χ1) is 12.5. The molecule has 0 radical (unpaired) electrons. The predicted molar refractivity (Wildman–Crippen MR) is 105 cm³/mol. The van der Waals surface area contributed by atoms with Crippen LogP contribution in [0.5, 0.6) is 0 Å². The van der Waals surface area contributed by atoms with Gasteiger partial charge in [0, 0.05) is 24.8 Å². The summed E-state index contributed by atoms with van der Waals surface area (Å²) in [4.78, 5) is 46.3. The SMILES string of the molecule is CCCCNC(=O)NC(=O)CSSCCNC(=O)NC(=O)C1CCCC1. The molecule has 0 heterocycles. The van der Waals surface area contributed by atoms with E-state index >= 15 is 0 Å². The Kier molecular flexibility index (Phi) is 12.0. The molecule has 0 aromatic carbocycles. The first-order valence-electron chi connectivity index (χ1n) is 8.93. The van der Waals surface area contributed by atoms with Crippen LogP contribution in [0.3, 0.4) is 0 Å². The maximum absolute atomic E-state index is 11.8. The normalized spacial score (nSPS) is 13.9. The minimum absolute atomic E-state index is 0.0386. The molecule has 1 rings (SSSR count). The van der Waals surface area contributed by atoms with E-state index in [1.165, 1.54) is 21.6 Å². The van der Waals surface area contributed by atoms with Crippen molar-refractivity contribution in [1.82, 2.24) is 21.3 Å². The molecule has 1 aliphatic carbocycles. The summed E-state index contributed by atoms with van der Waals surface area (Å²) in [5, 5.41) is 9.84. The molecule has 0 atom stereocenters. The van der Waals surface area contributed by atoms with Gasteiger partial charge in [-0.3, -0.25) is 20.2 Å². The van der Waals surface area contributed by atoms with Gasteiger partial charge in [0.1, 0.15) is 0 Å². The number of urea groups is 2. The van der Waals surface area contributed by atoms with Gasteiger partial charge >= 0.3 is 12.1 Å². The zero-order chi connectivity index (χ0) is 19.2. The van der Waals surface area contributed by atoms with Gasteiger partial charge in [-0.15, -0.1) is 0 Å². The summed E-state index contributed by atoms with van der Waals surface area (Å²) in [6.07, 6.45) is 5.64. The number of carbonyl (C=O) groups is 4. The van der Waals surface area contributed by atoms with Gasteiger partial charge in [0.15, 0.2) is 0 Å². The fourth-order valence-corrected chi connectivity index (χ4v) is 4.13. The van der Waals surface area contributed by atoms with Crippen molar-refractivity contribution >= 4 is 45.5 Å². The summed E-state index contributed by atoms with van der Waals surface area (Å²) in [5.41, 5.74) is 0. The van der Waals surface area contributed by atoms with Crippen molar-refractivity contribution in [2.24, 2.45) is 5.92 Å². The van der Waals surface area contributed by atoms with Crippen LogP contribution in [0.1, 0.15) is 45.4 Å². The molecule has 8 nitrogen and oxygen atoms in total. The van der Waals surface area contributed by atoms with Crippen LogP contribution in [-0.2, 0) is 9.59 Å². The molecule has 0 bridgehead atoms. The lowest BCUT2D eigenvalue weighted by molar-refractivity contribution is -0.123. The monoisotopic (exact) mass is 404 g/mol. The molecule has 0 aromatic heterocycles. The molecule has 148 valence electrons. The molecular weight excluding hydrogens is 376 g/mol. The highest BCUT2D eigenvalue weighted by Crippen LogP contribution is 2.24. The summed E-state index contributed by atoms with van der Waals surface area (Å²) in [6, 6.07) is -0.951. The lowest BCUT2D eigenvalue weighted by atomic mass is 10.1. The van der Waals surface area contributed by atoms with E-state index in [1.54, 1.807) is 0 Å². The van der Waals surface area contributed by atoms with Crippen LogP contribution < -0.4 is 21.3 Å². The van der Waals surface area contributed by atoms with E-state index in [0.717, 1.165) is 38.5 Å². The zero-order valence-electron chi connectivity index (χ0n) is 15.1. The molecular formula is C16H28N4O4S2. The van der Waals surface area contributed by atoms with Crippen LogP contribution in [0.25, 0.3) is 0 Å². The van der Waals surface area contributed by atoms with E-state index < -0.39 is 12.1 Å². The Morgan fingerprint density at radius 1 is 0.923 bits per heavy atom. The largest absolute Gasteiger partial charge is 0.338 e. The van der Waals surface area contributed by atoms with Gasteiger partial charge in [0.2, 0.25) is 11.8 Å². The zero-order valence-corrected chi connectivity index (χ0v) is 16.7. The minimum Gasteiger partial charge on any atom is -0.338 e. The smallest absolute Gasteiger partial charge is 0.321 e. The van der Waals surface area contributed by atoms with Crippen molar-refractivity contribution in [3.63, 3.8) is 0 Å². The van der Waals surface area contributed by atoms with Gasteiger partial charge < -0.3 is 10.6 Å². The third-order valence-corrected chi connectivity index (χ3v) is 6.05. The Morgan fingerprint density at radius 3 is 2.27 bits per heavy atom. The highest BCUT2D eigenvalue weighted by molar-refractivity contribution is 8.76. The van der Waals surface area contributed by atoms with Gasteiger partial charge in [-0.05, 0) is 19.3 Å². The molecule has 0 saturated heterocycles. The van der Waals surface area contributed by atoms with Crippen LogP contribution in [-0.4, -0.2) is 48.5 Å². The Balaban J connectivity index is 1.97. The van der Waals surface area contributed by atoms with Crippen LogP contribution >= 0.6 is 21.6 Å². The number of amides is 6. The summed E-state index contributed by atoms with van der Waals surface area (Å²) in [5.74, 6) is 0.146. The van der Waals surface area contributed by atoms with Crippen molar-refractivity contribution in [2.45, 2.75) is 45.4 Å². The molecule has 0 aliphatic heterocycles. The van der Waals surface area contributed by atoms with E-state index in [9.17, 15) is 19.2 Å². The Bertz CT molecular complexity index is 485. The van der Waals surface area contributed by atoms with Crippen LogP contribution in [0.2, 0.25) is 0 Å². The molecule has 4 N–H and O–H groups in total. The van der Waals surface area contributed by atoms with Crippen molar-refractivity contribution in [3.8, 4) is 0 Å². The van der Waals surface area contributed by atoms with Gasteiger partial charge in [0.25, 0.3) is 0 Å². The average molecular weight is 405 g/mol. The van der Waals surface area contributed by atoms with Gasteiger partial charge in [0.05, 0.1) is 5.75 Å². The lowest BCUT2D eigenvalue weighted by Crippen LogP contribution is -2.42. The molecule has 0 unspecified atom stereocenters. The number of nitrogens with one attached hydrogen (secondary N) is 4. The molecule has 26 heavy (non-hydrogen) atoms. The Labute approximate surface area is 162 Å². The van der Waals surface area contributed by atoms with Crippen molar-refractivity contribution in [1.29, 1.82) is 0 Å². The molecule has 1 fully saturated rings. The second kappa shape index (κ2) is 13.7. The predicted octanol–water partition coefficient (Wildman–Crippen LogP) is 2.01. The topological polar surface area (TPSA) is 116 Å². The maximum atomic E-state index is 11.8. The second-order valence-corrected chi connectivity index (χ2v) is 8.55. The molecule has 0 aromatic rings. The highest BCUT2D eigenvalue weighted by Gasteiger charge is 2.23. The van der Waals surface area contributed by atoms with E-state index in [0.29, 0.717) is 18.8 Å². The molecule has 1 saturated carbocycles. The van der Waals surface area contributed by atoms with Gasteiger partial charge in [-0.25, -0.2) is 9.59 Å². The average Bonchev–Trinajstić information content (AvgIpc) is 3.13. The standard InChI is InChI=1S/C16H28N4O4S2/c1-2-3-8-17-15(23)19-13(21)11-26-25-10-9-18-16(24)20-14(22)12-6-4-5-7-12/h12H,2-11H2,1H3,(H2,17,19,21,23)(H2,18,20,22,24). The second-order valence-electron chi connectivity index (χ2n) is 5.97. The number of rotatable bonds is 10. The van der Waals surface area contributed by atoms with Crippen molar-refractivity contribution in [3.05, 3.63) is 0 Å². The maximum Gasteiger partial charge on any atom is 0.321 e. The Hall–Kier alpha value is -1.42. The van der Waals surface area contributed by atoms with E-state index in [2.05, 4.69) is 21.3 Å². The number of hydrogen-bond donors (Lipinski definition) is 4. The third kappa shape index (κ3) is 10.5. The quantitative estimate of drug-likeness (QED) is 0.327. The van der Waals surface area contributed by atoms with Crippen molar-refractivity contribution < 1.29 is 19.2 Å². The highest BCUT2D eigenvalue weighted by atomic mass is 33.1. The number of carbonyl (C=O) groups excluding carboxylic acids is 4. The summed E-state index contributed by atoms with van der Waals surface area (Å²) < 4.78 is 0. The molecule has 1 aliphatic rings. The van der Waals surface area contributed by atoms with Crippen molar-refractivity contribution in [2.75, 3.05) is 24.6 Å². The molecule has 0 spiro atoms. The van der Waals surface area contributed by atoms with E-state index in [4.69, 9.17) is 0 Å². The van der Waals surface area contributed by atoms with E-state index in [1.807, 2.05) is 6.92 Å². The minimum atomic E-state index is -0.478. The van der Waals surface area contributed by atoms with Crippen LogP contribution in [0, 0.1) is 5.92 Å². The van der Waals surface area contributed by atoms with E-state index in [-0.39, 0.29) is 23.5 Å². The van der Waals surface area contributed by atoms with Gasteiger partial charge in [-0.1, -0.05) is 47.8 Å². The number of hydrogen-bond acceptors (Lipinski definition) is 6. The molecule has 10 heteroatoms. The first kappa shape index (κ1) is 22.6. The third-order valence-electron chi connectivity index (χ3n) is 3.78. The van der Waals surface area contributed by atoms with Crippen LogP contribution in [0.15, 0.2) is 0 Å². The summed E-state index contributed by atoms with van der Waals surface area (Å²) in [7, 11) is 2.72. The van der Waals surface area contributed by atoms with Gasteiger partial charge in [-0.2, -0.15) is 0 Å². The fourth-order valence-electron chi connectivity index (χ4n) is 2.39. The summed E-state index contributed by atoms with van der Waals surface area (Å²) >= 11 is 0. The lowest BCUT2D eigenvalue weighted by Gasteiger charge is -2.10.